The summed E-state index contributed by atoms with van der Waals surface area (Å²) in [6.07, 6.45) is 6.99. The van der Waals surface area contributed by atoms with Gasteiger partial charge >= 0.3 is 0 Å². The van der Waals surface area contributed by atoms with E-state index in [4.69, 9.17) is 10.1 Å². The molecule has 6 heteroatoms. The minimum absolute atomic E-state index is 0.102. The molecule has 1 aliphatic rings. The van der Waals surface area contributed by atoms with Gasteiger partial charge in [0.25, 0.3) is 0 Å². The third kappa shape index (κ3) is 5.80. The van der Waals surface area contributed by atoms with Crippen LogP contribution >= 0.6 is 0 Å². The number of nitriles is 1. The summed E-state index contributed by atoms with van der Waals surface area (Å²) in [6, 6.07) is 8.70. The minimum atomic E-state index is -0.710. The van der Waals surface area contributed by atoms with Crippen LogP contribution in [0.4, 0.5) is 0 Å². The Morgan fingerprint density at radius 2 is 2.00 bits per heavy atom. The quantitative estimate of drug-likeness (QED) is 0.360. The molecule has 1 aliphatic carbocycles. The summed E-state index contributed by atoms with van der Waals surface area (Å²) < 4.78 is 0. The fourth-order valence-electron chi connectivity index (χ4n) is 3.44. The maximum absolute atomic E-state index is 13.2. The number of amides is 2. The lowest BCUT2D eigenvalue weighted by Gasteiger charge is -2.33. The Bertz CT molecular complexity index is 648. The second-order valence-electron chi connectivity index (χ2n) is 7.07. The zero-order chi connectivity index (χ0) is 19.6. The molecule has 1 saturated carbocycles. The fourth-order valence-corrected chi connectivity index (χ4v) is 3.44. The van der Waals surface area contributed by atoms with Crippen LogP contribution in [-0.2, 0) is 20.8 Å². The number of unbranched alkanes of at least 4 members (excludes halogenated alkanes) is 1. The normalized spacial score (nSPS) is 15.1. The molecule has 2 amide bonds. The van der Waals surface area contributed by atoms with Crippen molar-refractivity contribution in [1.82, 2.24) is 9.96 Å². The van der Waals surface area contributed by atoms with Crippen LogP contribution in [0.2, 0.25) is 0 Å². The summed E-state index contributed by atoms with van der Waals surface area (Å²) >= 11 is 0. The Labute approximate surface area is 161 Å². The van der Waals surface area contributed by atoms with E-state index < -0.39 is 6.04 Å². The molecule has 1 aromatic carbocycles. The molecule has 27 heavy (non-hydrogen) atoms. The van der Waals surface area contributed by atoms with Gasteiger partial charge in [0, 0.05) is 19.5 Å². The van der Waals surface area contributed by atoms with Crippen LogP contribution in [0.5, 0.6) is 0 Å². The van der Waals surface area contributed by atoms with E-state index in [1.165, 1.54) is 5.06 Å². The number of nitrogens with zero attached hydrogens (tertiary/aromatic N) is 3. The second kappa shape index (κ2) is 10.7. The molecular formula is C21H29N3O3. The molecule has 0 aromatic heterocycles. The lowest BCUT2D eigenvalue weighted by molar-refractivity contribution is -0.193. The average Bonchev–Trinajstić information content (AvgIpc) is 3.24. The topological polar surface area (TPSA) is 73.6 Å². The highest BCUT2D eigenvalue weighted by molar-refractivity contribution is 5.84. The van der Waals surface area contributed by atoms with Crippen LogP contribution < -0.4 is 0 Å². The van der Waals surface area contributed by atoms with Crippen LogP contribution in [0.25, 0.3) is 0 Å². The van der Waals surface area contributed by atoms with Crippen molar-refractivity contribution in [3.8, 4) is 6.07 Å². The molecule has 2 rings (SSSR count). The van der Waals surface area contributed by atoms with Crippen LogP contribution in [-0.4, -0.2) is 48.0 Å². The Balaban J connectivity index is 2.18. The Kier molecular flexibility index (Phi) is 8.28. The number of hydroxylamine groups is 2. The van der Waals surface area contributed by atoms with Crippen molar-refractivity contribution in [3.63, 3.8) is 0 Å². The van der Waals surface area contributed by atoms with Gasteiger partial charge in [0.15, 0.2) is 0 Å². The van der Waals surface area contributed by atoms with E-state index in [0.717, 1.165) is 44.1 Å². The van der Waals surface area contributed by atoms with Crippen molar-refractivity contribution >= 4 is 12.3 Å². The third-order valence-corrected chi connectivity index (χ3v) is 5.17. The first kappa shape index (κ1) is 20.9. The molecule has 1 atom stereocenters. The van der Waals surface area contributed by atoms with E-state index in [0.29, 0.717) is 25.0 Å². The zero-order valence-corrected chi connectivity index (χ0v) is 16.3. The molecule has 0 radical (unpaired) electrons. The number of hydrogen-bond acceptors (Lipinski definition) is 4. The molecule has 1 aromatic rings. The largest absolute Gasteiger partial charge is 0.341 e. The van der Waals surface area contributed by atoms with Gasteiger partial charge in [-0.15, -0.1) is 0 Å². The lowest BCUT2D eigenvalue weighted by atomic mass is 10.0. The van der Waals surface area contributed by atoms with Gasteiger partial charge < -0.3 is 4.90 Å². The molecule has 0 saturated heterocycles. The number of benzene rings is 1. The van der Waals surface area contributed by atoms with Crippen LogP contribution in [0, 0.1) is 11.3 Å². The number of likely N-dealkylation sites (N-methyl/N-ethyl adjacent to an activating group) is 1. The number of carbonyl (C=O) groups is 2. The minimum Gasteiger partial charge on any atom is -0.341 e. The van der Waals surface area contributed by atoms with Crippen molar-refractivity contribution in [2.24, 2.45) is 0 Å². The van der Waals surface area contributed by atoms with Crippen molar-refractivity contribution < 1.29 is 14.4 Å². The molecule has 0 spiro atoms. The number of rotatable bonds is 10. The van der Waals surface area contributed by atoms with Gasteiger partial charge in [-0.1, -0.05) is 38.3 Å². The first-order valence-corrected chi connectivity index (χ1v) is 9.73. The predicted octanol–water partition coefficient (Wildman–Crippen LogP) is 3.06. The molecule has 0 heterocycles. The van der Waals surface area contributed by atoms with Gasteiger partial charge in [-0.05, 0) is 37.0 Å². The maximum atomic E-state index is 13.2. The highest BCUT2D eigenvalue weighted by Gasteiger charge is 2.33. The first-order valence-electron chi connectivity index (χ1n) is 9.73. The molecule has 0 N–H and O–H groups in total. The van der Waals surface area contributed by atoms with E-state index in [2.05, 4.69) is 6.07 Å². The number of carbonyl (C=O) groups excluding carboxylic acids is 2. The summed E-state index contributed by atoms with van der Waals surface area (Å²) in [7, 11) is 1.82. The fraction of sp³-hybridized carbons (Fsp3) is 0.571. The number of hydrogen-bond donors (Lipinski definition) is 0. The summed E-state index contributed by atoms with van der Waals surface area (Å²) in [6.45, 7) is 2.45. The molecular weight excluding hydrogens is 342 g/mol. The van der Waals surface area contributed by atoms with E-state index in [1.54, 1.807) is 17.0 Å². The SMILES string of the molecule is CCCCON(C=O)[C@@H](Cc1ccc(C#N)cc1)C(=O)N(C)C1CCCC1. The van der Waals surface area contributed by atoms with Gasteiger partial charge in [0.05, 0.1) is 18.2 Å². The van der Waals surface area contributed by atoms with Gasteiger partial charge in [-0.3, -0.25) is 14.4 Å². The summed E-state index contributed by atoms with van der Waals surface area (Å²) in [5, 5.41) is 10.1. The smallest absolute Gasteiger partial charge is 0.248 e. The summed E-state index contributed by atoms with van der Waals surface area (Å²) in [5.41, 5.74) is 1.45. The van der Waals surface area contributed by atoms with Crippen LogP contribution in [0.3, 0.4) is 0 Å². The van der Waals surface area contributed by atoms with E-state index in [9.17, 15) is 9.59 Å². The lowest BCUT2D eigenvalue weighted by Crippen LogP contribution is -2.50. The highest BCUT2D eigenvalue weighted by atomic mass is 16.7. The molecule has 0 unspecified atom stereocenters. The zero-order valence-electron chi connectivity index (χ0n) is 16.3. The predicted molar refractivity (Wildman–Crippen MR) is 102 cm³/mol. The van der Waals surface area contributed by atoms with E-state index in [1.807, 2.05) is 26.1 Å². The molecule has 6 nitrogen and oxygen atoms in total. The van der Waals surface area contributed by atoms with Gasteiger partial charge in [0.2, 0.25) is 12.3 Å². The maximum Gasteiger partial charge on any atom is 0.248 e. The monoisotopic (exact) mass is 371 g/mol. The van der Waals surface area contributed by atoms with Gasteiger partial charge in [0.1, 0.15) is 6.04 Å². The summed E-state index contributed by atoms with van der Waals surface area (Å²) in [4.78, 5) is 32.2. The van der Waals surface area contributed by atoms with Crippen molar-refractivity contribution in [2.45, 2.75) is 64.0 Å². The standard InChI is InChI=1S/C21H29N3O3/c1-3-4-13-27-24(16-25)20(14-17-9-11-18(15-22)12-10-17)21(26)23(2)19-7-5-6-8-19/h9-12,16,19-20H,3-8,13-14H2,1-2H3/t20-/m0/s1. The molecule has 1 fully saturated rings. The third-order valence-electron chi connectivity index (χ3n) is 5.17. The Hall–Kier alpha value is -2.39. The van der Waals surface area contributed by atoms with Crippen LogP contribution in [0.15, 0.2) is 24.3 Å². The van der Waals surface area contributed by atoms with E-state index in [-0.39, 0.29) is 11.9 Å². The second-order valence-corrected chi connectivity index (χ2v) is 7.07. The van der Waals surface area contributed by atoms with Crippen molar-refractivity contribution in [1.29, 1.82) is 5.26 Å². The average molecular weight is 371 g/mol. The Morgan fingerprint density at radius 3 is 2.56 bits per heavy atom. The van der Waals surface area contributed by atoms with Crippen molar-refractivity contribution in [2.75, 3.05) is 13.7 Å². The Morgan fingerprint density at radius 1 is 1.33 bits per heavy atom. The molecule has 146 valence electrons. The van der Waals surface area contributed by atoms with Crippen molar-refractivity contribution in [3.05, 3.63) is 35.4 Å². The van der Waals surface area contributed by atoms with Gasteiger partial charge in [-0.2, -0.15) is 5.26 Å². The van der Waals surface area contributed by atoms with Crippen LogP contribution in [0.1, 0.15) is 56.6 Å². The molecule has 0 bridgehead atoms. The van der Waals surface area contributed by atoms with E-state index >= 15 is 0 Å². The van der Waals surface area contributed by atoms with Gasteiger partial charge in [-0.25, -0.2) is 5.06 Å². The highest BCUT2D eigenvalue weighted by Crippen LogP contribution is 2.24. The first-order chi connectivity index (χ1) is 13.1. The summed E-state index contributed by atoms with van der Waals surface area (Å²) in [5.74, 6) is -0.102. The molecule has 0 aliphatic heterocycles.